The van der Waals surface area contributed by atoms with Crippen LogP contribution in [0.5, 0.6) is 0 Å². The molecule has 0 aromatic carbocycles. The highest BCUT2D eigenvalue weighted by molar-refractivity contribution is 7.99. The monoisotopic (exact) mass is 275 g/mol. The van der Waals surface area contributed by atoms with Gasteiger partial charge in [0.15, 0.2) is 5.16 Å². The summed E-state index contributed by atoms with van der Waals surface area (Å²) < 4.78 is 4.85. The molecule has 2 heterocycles. The Morgan fingerprint density at radius 1 is 1.21 bits per heavy atom. The van der Waals surface area contributed by atoms with E-state index in [-0.39, 0.29) is 11.7 Å². The Kier molecular flexibility index (Phi) is 4.85. The lowest BCUT2D eigenvalue weighted by atomic mass is 10.3. The lowest BCUT2D eigenvalue weighted by Crippen LogP contribution is -2.07. The average Bonchev–Trinajstić information content (AvgIpc) is 2.47. The molecule has 0 unspecified atom stereocenters. The molecule has 98 valence electrons. The zero-order chi connectivity index (χ0) is 13.5. The minimum Gasteiger partial charge on any atom is -0.465 e. The molecule has 0 radical (unpaired) electrons. The van der Waals surface area contributed by atoms with Crippen LogP contribution in [0.2, 0.25) is 0 Å². The van der Waals surface area contributed by atoms with Crippen molar-refractivity contribution in [2.24, 2.45) is 0 Å². The number of thioether (sulfide) groups is 1. The van der Waals surface area contributed by atoms with Gasteiger partial charge in [-0.05, 0) is 25.1 Å². The van der Waals surface area contributed by atoms with E-state index in [1.165, 1.54) is 11.8 Å². The fourth-order valence-electron chi connectivity index (χ4n) is 1.39. The highest BCUT2D eigenvalue weighted by Crippen LogP contribution is 2.18. The first kappa shape index (κ1) is 13.5. The predicted octanol–water partition coefficient (Wildman–Crippen LogP) is 2.19. The van der Waals surface area contributed by atoms with Crippen molar-refractivity contribution < 1.29 is 9.53 Å². The molecule has 2 aromatic heterocycles. The normalized spacial score (nSPS) is 10.2. The van der Waals surface area contributed by atoms with Crippen LogP contribution in [0.25, 0.3) is 11.4 Å². The van der Waals surface area contributed by atoms with Gasteiger partial charge in [-0.15, -0.1) is 0 Å². The van der Waals surface area contributed by atoms with Gasteiger partial charge in [-0.2, -0.15) is 0 Å². The van der Waals surface area contributed by atoms with E-state index in [1.54, 1.807) is 25.4 Å². The smallest absolute Gasteiger partial charge is 0.316 e. The number of pyridine rings is 1. The van der Waals surface area contributed by atoms with Crippen molar-refractivity contribution in [1.82, 2.24) is 15.0 Å². The number of rotatable bonds is 5. The zero-order valence-electron chi connectivity index (χ0n) is 10.4. The van der Waals surface area contributed by atoms with Crippen LogP contribution < -0.4 is 0 Å². The minimum atomic E-state index is -0.265. The summed E-state index contributed by atoms with van der Waals surface area (Å²) >= 11 is 1.25. The van der Waals surface area contributed by atoms with Crippen LogP contribution in [0.3, 0.4) is 0 Å². The topological polar surface area (TPSA) is 65.0 Å². The van der Waals surface area contributed by atoms with Gasteiger partial charge in [0.2, 0.25) is 0 Å². The molecule has 0 saturated carbocycles. The molecule has 2 rings (SSSR count). The second kappa shape index (κ2) is 6.84. The second-order valence-electron chi connectivity index (χ2n) is 3.53. The molecule has 0 saturated heterocycles. The van der Waals surface area contributed by atoms with Gasteiger partial charge in [-0.3, -0.25) is 9.78 Å². The molecule has 2 aromatic rings. The summed E-state index contributed by atoms with van der Waals surface area (Å²) in [6.45, 7) is 2.16. The number of carbonyl (C=O) groups is 1. The molecule has 0 atom stereocenters. The third-order valence-electron chi connectivity index (χ3n) is 2.19. The molecule has 6 heteroatoms. The lowest BCUT2D eigenvalue weighted by molar-refractivity contribution is -0.139. The van der Waals surface area contributed by atoms with Crippen LogP contribution >= 0.6 is 11.8 Å². The minimum absolute atomic E-state index is 0.208. The van der Waals surface area contributed by atoms with E-state index in [1.807, 2.05) is 18.2 Å². The molecule has 0 fully saturated rings. The fraction of sp³-hybridized carbons (Fsp3) is 0.231. The summed E-state index contributed by atoms with van der Waals surface area (Å²) in [6, 6.07) is 7.41. The molecular formula is C13H13N3O2S. The number of ether oxygens (including phenoxy) is 1. The van der Waals surface area contributed by atoms with E-state index < -0.39 is 0 Å². The van der Waals surface area contributed by atoms with Crippen molar-refractivity contribution >= 4 is 17.7 Å². The Labute approximate surface area is 115 Å². The Hall–Kier alpha value is -1.95. The van der Waals surface area contributed by atoms with Gasteiger partial charge in [0.25, 0.3) is 0 Å². The first-order chi connectivity index (χ1) is 9.29. The first-order valence-electron chi connectivity index (χ1n) is 5.82. The van der Waals surface area contributed by atoms with Crippen molar-refractivity contribution in [2.45, 2.75) is 12.1 Å². The summed E-state index contributed by atoms with van der Waals surface area (Å²) in [7, 11) is 0. The lowest BCUT2D eigenvalue weighted by Gasteiger charge is -2.03. The Morgan fingerprint density at radius 3 is 2.84 bits per heavy atom. The fourth-order valence-corrected chi connectivity index (χ4v) is 2.02. The Balaban J connectivity index is 2.06. The van der Waals surface area contributed by atoms with Gasteiger partial charge in [-0.25, -0.2) is 9.97 Å². The Morgan fingerprint density at radius 2 is 2.11 bits per heavy atom. The number of aromatic nitrogens is 3. The molecule has 0 N–H and O–H groups in total. The number of hydrogen-bond acceptors (Lipinski definition) is 6. The van der Waals surface area contributed by atoms with Gasteiger partial charge in [0, 0.05) is 12.4 Å². The molecule has 0 aliphatic rings. The van der Waals surface area contributed by atoms with Crippen molar-refractivity contribution in [3.63, 3.8) is 0 Å². The first-order valence-corrected chi connectivity index (χ1v) is 6.81. The average molecular weight is 275 g/mol. The van der Waals surface area contributed by atoms with Gasteiger partial charge < -0.3 is 4.74 Å². The summed E-state index contributed by atoms with van der Waals surface area (Å²) in [4.78, 5) is 24.0. The van der Waals surface area contributed by atoms with E-state index in [2.05, 4.69) is 15.0 Å². The molecule has 0 aliphatic carbocycles. The van der Waals surface area contributed by atoms with Gasteiger partial charge in [-0.1, -0.05) is 17.8 Å². The van der Waals surface area contributed by atoms with Crippen molar-refractivity contribution in [3.8, 4) is 11.4 Å². The zero-order valence-corrected chi connectivity index (χ0v) is 11.3. The van der Waals surface area contributed by atoms with E-state index in [0.29, 0.717) is 11.8 Å². The standard InChI is InChI=1S/C13H13N3O2S/c1-2-18-12(17)9-19-13-15-8-6-11(16-13)10-5-3-4-7-14-10/h3-8H,2,9H2,1H3. The van der Waals surface area contributed by atoms with Crippen LogP contribution in [0.15, 0.2) is 41.8 Å². The van der Waals surface area contributed by atoms with Crippen molar-refractivity contribution in [2.75, 3.05) is 12.4 Å². The maximum Gasteiger partial charge on any atom is 0.316 e. The summed E-state index contributed by atoms with van der Waals surface area (Å²) in [5.74, 6) is -0.0567. The van der Waals surface area contributed by atoms with Crippen LogP contribution in [0, 0.1) is 0 Å². The molecule has 0 aliphatic heterocycles. The highest BCUT2D eigenvalue weighted by atomic mass is 32.2. The molecule has 5 nitrogen and oxygen atoms in total. The summed E-state index contributed by atoms with van der Waals surface area (Å²) in [5, 5.41) is 0.538. The number of hydrogen-bond donors (Lipinski definition) is 0. The Bertz CT molecular complexity index is 549. The molecular weight excluding hydrogens is 262 g/mol. The number of esters is 1. The number of nitrogens with zero attached hydrogens (tertiary/aromatic N) is 3. The van der Waals surface area contributed by atoms with Gasteiger partial charge in [0.1, 0.15) is 0 Å². The third-order valence-corrected chi connectivity index (χ3v) is 3.02. The van der Waals surface area contributed by atoms with Crippen LogP contribution in [0.4, 0.5) is 0 Å². The largest absolute Gasteiger partial charge is 0.465 e. The van der Waals surface area contributed by atoms with Crippen molar-refractivity contribution in [3.05, 3.63) is 36.7 Å². The van der Waals surface area contributed by atoms with E-state index in [0.717, 1.165) is 11.4 Å². The number of carbonyl (C=O) groups excluding carboxylic acids is 1. The maximum absolute atomic E-state index is 11.3. The van der Waals surface area contributed by atoms with E-state index in [4.69, 9.17) is 4.74 Å². The predicted molar refractivity (Wildman–Crippen MR) is 72.6 cm³/mol. The van der Waals surface area contributed by atoms with Gasteiger partial charge >= 0.3 is 5.97 Å². The SMILES string of the molecule is CCOC(=O)CSc1nccc(-c2ccccn2)n1. The molecule has 0 spiro atoms. The van der Waals surface area contributed by atoms with Crippen molar-refractivity contribution in [1.29, 1.82) is 0 Å². The summed E-state index contributed by atoms with van der Waals surface area (Å²) in [5.41, 5.74) is 1.52. The second-order valence-corrected chi connectivity index (χ2v) is 4.48. The van der Waals surface area contributed by atoms with Gasteiger partial charge in [0.05, 0.1) is 23.7 Å². The molecule has 0 bridgehead atoms. The van der Waals surface area contributed by atoms with E-state index >= 15 is 0 Å². The summed E-state index contributed by atoms with van der Waals surface area (Å²) in [6.07, 6.45) is 3.37. The molecule has 0 amide bonds. The quantitative estimate of drug-likeness (QED) is 0.473. The highest BCUT2D eigenvalue weighted by Gasteiger charge is 2.07. The van der Waals surface area contributed by atoms with Crippen LogP contribution in [-0.4, -0.2) is 33.3 Å². The third kappa shape index (κ3) is 4.03. The maximum atomic E-state index is 11.3. The van der Waals surface area contributed by atoms with Crippen LogP contribution in [-0.2, 0) is 9.53 Å². The van der Waals surface area contributed by atoms with Crippen LogP contribution in [0.1, 0.15) is 6.92 Å². The molecule has 19 heavy (non-hydrogen) atoms. The van der Waals surface area contributed by atoms with E-state index in [9.17, 15) is 4.79 Å².